The second kappa shape index (κ2) is 4.30. The fourth-order valence-corrected chi connectivity index (χ4v) is 1.73. The van der Waals surface area contributed by atoms with Gasteiger partial charge in [-0.2, -0.15) is 21.6 Å². The van der Waals surface area contributed by atoms with Gasteiger partial charge >= 0.3 is 15.6 Å². The molecule has 1 aromatic carbocycles. The minimum atomic E-state index is -5.73. The Morgan fingerprint density at radius 1 is 1.32 bits per heavy atom. The monoisotopic (exact) mass is 297 g/mol. The Morgan fingerprint density at radius 2 is 2.00 bits per heavy atom. The van der Waals surface area contributed by atoms with E-state index < -0.39 is 27.3 Å². The molecule has 1 N–H and O–H groups in total. The second-order valence-electron chi connectivity index (χ2n) is 3.48. The number of anilines is 1. The summed E-state index contributed by atoms with van der Waals surface area (Å²) in [7, 11) is -5.73. The summed E-state index contributed by atoms with van der Waals surface area (Å²) in [4.78, 5) is 11.0. The van der Waals surface area contributed by atoms with E-state index in [9.17, 15) is 26.4 Å². The molecule has 1 amide bonds. The molecule has 0 aromatic heterocycles. The van der Waals surface area contributed by atoms with Crippen molar-refractivity contribution in [3.8, 4) is 11.5 Å². The molecule has 0 saturated heterocycles. The minimum Gasteiger partial charge on any atom is -0.481 e. The maximum absolute atomic E-state index is 12.1. The fourth-order valence-electron chi connectivity index (χ4n) is 1.28. The van der Waals surface area contributed by atoms with Gasteiger partial charge < -0.3 is 14.2 Å². The lowest BCUT2D eigenvalue weighted by Gasteiger charge is -2.18. The van der Waals surface area contributed by atoms with Crippen molar-refractivity contribution >= 4 is 21.7 Å². The molecule has 104 valence electrons. The first-order valence-corrected chi connectivity index (χ1v) is 6.17. The van der Waals surface area contributed by atoms with E-state index in [1.165, 1.54) is 6.07 Å². The third-order valence-electron chi connectivity index (χ3n) is 2.08. The van der Waals surface area contributed by atoms with E-state index in [1.807, 2.05) is 0 Å². The van der Waals surface area contributed by atoms with Crippen molar-refractivity contribution in [3.05, 3.63) is 18.2 Å². The van der Waals surface area contributed by atoms with Crippen LogP contribution in [0, 0.1) is 0 Å². The third kappa shape index (κ3) is 2.72. The third-order valence-corrected chi connectivity index (χ3v) is 3.05. The van der Waals surface area contributed by atoms with Crippen molar-refractivity contribution in [3.63, 3.8) is 0 Å². The van der Waals surface area contributed by atoms with Crippen molar-refractivity contribution in [2.24, 2.45) is 0 Å². The smallest absolute Gasteiger partial charge is 0.481 e. The lowest BCUT2D eigenvalue weighted by Crippen LogP contribution is -2.28. The molecule has 0 unspecified atom stereocenters. The molecule has 1 aromatic rings. The van der Waals surface area contributed by atoms with Crippen LogP contribution in [0.1, 0.15) is 0 Å². The van der Waals surface area contributed by atoms with Crippen LogP contribution in [0.3, 0.4) is 0 Å². The maximum Gasteiger partial charge on any atom is 0.534 e. The molecule has 1 aliphatic heterocycles. The summed E-state index contributed by atoms with van der Waals surface area (Å²) in [5.74, 6) is -0.967. The molecule has 0 fully saturated rings. The van der Waals surface area contributed by atoms with Crippen molar-refractivity contribution in [1.82, 2.24) is 0 Å². The molecular formula is C9H6F3NO5S. The minimum absolute atomic E-state index is 0.0227. The maximum atomic E-state index is 12.1. The summed E-state index contributed by atoms with van der Waals surface area (Å²) in [5.41, 5.74) is -5.30. The predicted molar refractivity (Wildman–Crippen MR) is 56.2 cm³/mol. The molecular weight excluding hydrogens is 291 g/mol. The topological polar surface area (TPSA) is 81.7 Å². The van der Waals surface area contributed by atoms with Gasteiger partial charge in [0.15, 0.2) is 6.61 Å². The Bertz CT molecular complexity index is 625. The summed E-state index contributed by atoms with van der Waals surface area (Å²) in [6.07, 6.45) is 0. The zero-order valence-electron chi connectivity index (χ0n) is 9.02. The first-order chi connectivity index (χ1) is 8.69. The quantitative estimate of drug-likeness (QED) is 0.656. The Labute approximate surface area is 105 Å². The van der Waals surface area contributed by atoms with Gasteiger partial charge in [-0.05, 0) is 12.1 Å². The molecule has 1 heterocycles. The number of halogens is 3. The number of fused-ring (bicyclic) bond motifs is 1. The molecule has 0 aliphatic carbocycles. The standard InChI is InChI=1S/C9H6F3NO5S/c10-9(11,12)19(15,16)18-5-1-2-6-7(3-5)17-4-8(14)13-6/h1-3H,4H2,(H,13,14). The predicted octanol–water partition coefficient (Wildman–Crippen LogP) is 1.25. The Kier molecular flexibility index (Phi) is 3.04. The average molecular weight is 297 g/mol. The van der Waals surface area contributed by atoms with E-state index in [0.717, 1.165) is 12.1 Å². The lowest BCUT2D eigenvalue weighted by molar-refractivity contribution is -0.118. The Morgan fingerprint density at radius 3 is 2.63 bits per heavy atom. The van der Waals surface area contributed by atoms with Crippen LogP contribution >= 0.6 is 0 Å². The highest BCUT2D eigenvalue weighted by Gasteiger charge is 2.48. The van der Waals surface area contributed by atoms with E-state index in [0.29, 0.717) is 0 Å². The number of nitrogens with one attached hydrogen (secondary N) is 1. The Hall–Kier alpha value is -1.97. The fraction of sp³-hybridized carbons (Fsp3) is 0.222. The van der Waals surface area contributed by atoms with Gasteiger partial charge in [0.25, 0.3) is 5.91 Å². The van der Waals surface area contributed by atoms with Crippen LogP contribution in [0.15, 0.2) is 18.2 Å². The van der Waals surface area contributed by atoms with Crippen LogP contribution in [0.2, 0.25) is 0 Å². The summed E-state index contributed by atoms with van der Waals surface area (Å²) in [5, 5.41) is 2.39. The average Bonchev–Trinajstić information content (AvgIpc) is 2.27. The van der Waals surface area contributed by atoms with E-state index in [2.05, 4.69) is 9.50 Å². The number of hydrogen-bond donors (Lipinski definition) is 1. The molecule has 10 heteroatoms. The van der Waals surface area contributed by atoms with Crippen molar-refractivity contribution in [2.45, 2.75) is 5.51 Å². The molecule has 1 aliphatic rings. The van der Waals surface area contributed by atoms with Crippen LogP contribution in [0.25, 0.3) is 0 Å². The largest absolute Gasteiger partial charge is 0.534 e. The van der Waals surface area contributed by atoms with Gasteiger partial charge in [0, 0.05) is 6.07 Å². The molecule has 0 atom stereocenters. The highest BCUT2D eigenvalue weighted by atomic mass is 32.2. The van der Waals surface area contributed by atoms with E-state index in [4.69, 9.17) is 4.74 Å². The molecule has 0 saturated carbocycles. The number of carbonyl (C=O) groups excluding carboxylic acids is 1. The van der Waals surface area contributed by atoms with Gasteiger partial charge in [0.2, 0.25) is 0 Å². The van der Waals surface area contributed by atoms with E-state index in [1.54, 1.807) is 0 Å². The number of rotatable bonds is 2. The molecule has 0 spiro atoms. The van der Waals surface area contributed by atoms with Gasteiger partial charge in [-0.3, -0.25) is 4.79 Å². The van der Waals surface area contributed by atoms with Gasteiger partial charge in [-0.25, -0.2) is 0 Å². The molecule has 0 radical (unpaired) electrons. The van der Waals surface area contributed by atoms with Gasteiger partial charge in [-0.1, -0.05) is 0 Å². The highest BCUT2D eigenvalue weighted by Crippen LogP contribution is 2.34. The summed E-state index contributed by atoms with van der Waals surface area (Å²) < 4.78 is 66.7. The van der Waals surface area contributed by atoms with Crippen LogP contribution < -0.4 is 14.2 Å². The van der Waals surface area contributed by atoms with Crippen LogP contribution in [-0.4, -0.2) is 26.4 Å². The van der Waals surface area contributed by atoms with Gasteiger partial charge in [0.05, 0.1) is 5.69 Å². The molecule has 0 bridgehead atoms. The van der Waals surface area contributed by atoms with E-state index in [-0.39, 0.29) is 18.0 Å². The van der Waals surface area contributed by atoms with E-state index >= 15 is 0 Å². The number of hydrogen-bond acceptors (Lipinski definition) is 5. The van der Waals surface area contributed by atoms with Crippen molar-refractivity contribution < 1.29 is 35.3 Å². The number of ether oxygens (including phenoxy) is 1. The molecule has 2 rings (SSSR count). The van der Waals surface area contributed by atoms with Gasteiger partial charge in [-0.15, -0.1) is 0 Å². The number of alkyl halides is 3. The van der Waals surface area contributed by atoms with Crippen LogP contribution in [0.5, 0.6) is 11.5 Å². The van der Waals surface area contributed by atoms with Gasteiger partial charge in [0.1, 0.15) is 11.5 Å². The first kappa shape index (κ1) is 13.5. The zero-order chi connectivity index (χ0) is 14.3. The normalized spacial score (nSPS) is 15.2. The summed E-state index contributed by atoms with van der Waals surface area (Å²) >= 11 is 0. The van der Waals surface area contributed by atoms with Crippen LogP contribution in [0.4, 0.5) is 18.9 Å². The number of amides is 1. The SMILES string of the molecule is O=C1COc2cc(OS(=O)(=O)C(F)(F)F)ccc2N1. The van der Waals surface area contributed by atoms with Crippen LogP contribution in [-0.2, 0) is 14.9 Å². The lowest BCUT2D eigenvalue weighted by atomic mass is 10.2. The van der Waals surface area contributed by atoms with Crippen molar-refractivity contribution in [2.75, 3.05) is 11.9 Å². The molecule has 6 nitrogen and oxygen atoms in total. The summed E-state index contributed by atoms with van der Waals surface area (Å²) in [6, 6.07) is 3.09. The second-order valence-corrected chi connectivity index (χ2v) is 5.02. The Balaban J connectivity index is 2.27. The first-order valence-electron chi connectivity index (χ1n) is 4.76. The summed E-state index contributed by atoms with van der Waals surface area (Å²) in [6.45, 7) is -0.317. The number of benzene rings is 1. The molecule has 19 heavy (non-hydrogen) atoms. The highest BCUT2D eigenvalue weighted by molar-refractivity contribution is 7.88. The number of carbonyl (C=O) groups is 1. The van der Waals surface area contributed by atoms with Crippen molar-refractivity contribution in [1.29, 1.82) is 0 Å². The zero-order valence-corrected chi connectivity index (χ0v) is 9.84.